The molecule has 20 heavy (non-hydrogen) atoms. The summed E-state index contributed by atoms with van der Waals surface area (Å²) in [6.45, 7) is 8.09. The SMILES string of the molecule is CC(C)(C)C1CCN(c2c(F)cc(CCl)cc2F)CC1. The van der Waals surface area contributed by atoms with Crippen LogP contribution in [0.3, 0.4) is 0 Å². The second kappa shape index (κ2) is 5.88. The quantitative estimate of drug-likeness (QED) is 0.697. The van der Waals surface area contributed by atoms with Crippen molar-refractivity contribution in [3.05, 3.63) is 29.3 Å². The van der Waals surface area contributed by atoms with Crippen LogP contribution in [-0.4, -0.2) is 13.1 Å². The van der Waals surface area contributed by atoms with Gasteiger partial charge >= 0.3 is 0 Å². The van der Waals surface area contributed by atoms with Crippen LogP contribution in [0.5, 0.6) is 0 Å². The third-order valence-electron chi connectivity index (χ3n) is 4.27. The summed E-state index contributed by atoms with van der Waals surface area (Å²) in [6, 6.07) is 2.67. The van der Waals surface area contributed by atoms with Crippen molar-refractivity contribution in [2.45, 2.75) is 39.5 Å². The first-order chi connectivity index (χ1) is 9.32. The molecule has 1 heterocycles. The molecule has 1 aromatic rings. The molecule has 1 saturated heterocycles. The van der Waals surface area contributed by atoms with Crippen molar-refractivity contribution in [1.82, 2.24) is 0 Å². The van der Waals surface area contributed by atoms with E-state index in [-0.39, 0.29) is 17.0 Å². The lowest BCUT2D eigenvalue weighted by atomic mass is 9.75. The highest BCUT2D eigenvalue weighted by Crippen LogP contribution is 2.36. The van der Waals surface area contributed by atoms with Gasteiger partial charge in [0.1, 0.15) is 17.3 Å². The highest BCUT2D eigenvalue weighted by molar-refractivity contribution is 6.17. The summed E-state index contributed by atoms with van der Waals surface area (Å²) in [5.41, 5.74) is 0.840. The van der Waals surface area contributed by atoms with Crippen molar-refractivity contribution in [3.63, 3.8) is 0 Å². The van der Waals surface area contributed by atoms with Crippen LogP contribution in [0, 0.1) is 23.0 Å². The topological polar surface area (TPSA) is 3.24 Å². The Labute approximate surface area is 124 Å². The minimum Gasteiger partial charge on any atom is -0.367 e. The molecule has 0 bridgehead atoms. The monoisotopic (exact) mass is 301 g/mol. The lowest BCUT2D eigenvalue weighted by molar-refractivity contribution is 0.198. The molecule has 4 heteroatoms. The van der Waals surface area contributed by atoms with Crippen molar-refractivity contribution >= 4 is 17.3 Å². The molecule has 0 aromatic heterocycles. The summed E-state index contributed by atoms with van der Waals surface area (Å²) in [5.74, 6) is -0.281. The summed E-state index contributed by atoms with van der Waals surface area (Å²) in [6.07, 6.45) is 1.94. The fourth-order valence-corrected chi connectivity index (χ4v) is 3.12. The van der Waals surface area contributed by atoms with Crippen molar-refractivity contribution in [2.75, 3.05) is 18.0 Å². The van der Waals surface area contributed by atoms with Crippen molar-refractivity contribution in [3.8, 4) is 0 Å². The van der Waals surface area contributed by atoms with E-state index in [2.05, 4.69) is 20.8 Å². The number of piperidine rings is 1. The minimum atomic E-state index is -0.505. The van der Waals surface area contributed by atoms with Gasteiger partial charge in [0.2, 0.25) is 0 Å². The molecule has 1 aliphatic heterocycles. The predicted molar refractivity (Wildman–Crippen MR) is 80.3 cm³/mol. The zero-order chi connectivity index (χ0) is 14.9. The van der Waals surface area contributed by atoms with E-state index in [4.69, 9.17) is 11.6 Å². The molecule has 1 aliphatic rings. The number of nitrogens with zero attached hydrogens (tertiary/aromatic N) is 1. The van der Waals surface area contributed by atoms with Crippen LogP contribution in [0.4, 0.5) is 14.5 Å². The van der Waals surface area contributed by atoms with Gasteiger partial charge in [-0.1, -0.05) is 20.8 Å². The maximum atomic E-state index is 14.1. The van der Waals surface area contributed by atoms with Crippen LogP contribution in [0.15, 0.2) is 12.1 Å². The molecule has 0 amide bonds. The lowest BCUT2D eigenvalue weighted by Crippen LogP contribution is -2.38. The largest absolute Gasteiger partial charge is 0.367 e. The zero-order valence-corrected chi connectivity index (χ0v) is 13.1. The fourth-order valence-electron chi connectivity index (χ4n) is 2.97. The van der Waals surface area contributed by atoms with Crippen LogP contribution in [-0.2, 0) is 5.88 Å². The Morgan fingerprint density at radius 2 is 1.65 bits per heavy atom. The van der Waals surface area contributed by atoms with Gasteiger partial charge in [-0.25, -0.2) is 8.78 Å². The Kier molecular flexibility index (Phi) is 4.58. The van der Waals surface area contributed by atoms with Gasteiger partial charge in [-0.05, 0) is 41.9 Å². The highest BCUT2D eigenvalue weighted by atomic mass is 35.5. The number of benzene rings is 1. The van der Waals surface area contributed by atoms with E-state index in [1.807, 2.05) is 4.90 Å². The van der Waals surface area contributed by atoms with Gasteiger partial charge in [0, 0.05) is 19.0 Å². The van der Waals surface area contributed by atoms with Gasteiger partial charge in [-0.3, -0.25) is 0 Å². The molecule has 0 spiro atoms. The van der Waals surface area contributed by atoms with Crippen LogP contribution >= 0.6 is 11.6 Å². The first-order valence-corrected chi connectivity index (χ1v) is 7.65. The van der Waals surface area contributed by atoms with Crippen molar-refractivity contribution in [1.29, 1.82) is 0 Å². The maximum Gasteiger partial charge on any atom is 0.149 e. The molecule has 0 saturated carbocycles. The van der Waals surface area contributed by atoms with Gasteiger partial charge in [0.25, 0.3) is 0 Å². The van der Waals surface area contributed by atoms with Crippen LogP contribution in [0.25, 0.3) is 0 Å². The average Bonchev–Trinajstić information content (AvgIpc) is 2.37. The second-order valence-corrected chi connectivity index (χ2v) is 6.94. The fraction of sp³-hybridized carbons (Fsp3) is 0.625. The molecule has 0 N–H and O–H groups in total. The number of hydrogen-bond donors (Lipinski definition) is 0. The van der Waals surface area contributed by atoms with E-state index in [9.17, 15) is 8.78 Å². The van der Waals surface area contributed by atoms with Crippen molar-refractivity contribution < 1.29 is 8.78 Å². The van der Waals surface area contributed by atoms with Crippen LogP contribution in [0.1, 0.15) is 39.2 Å². The minimum absolute atomic E-state index is 0.103. The molecule has 1 fully saturated rings. The van der Waals surface area contributed by atoms with Crippen LogP contribution < -0.4 is 4.90 Å². The molecule has 0 aliphatic carbocycles. The normalized spacial score (nSPS) is 17.6. The van der Waals surface area contributed by atoms with E-state index < -0.39 is 11.6 Å². The number of alkyl halides is 1. The maximum absolute atomic E-state index is 14.1. The predicted octanol–water partition coefficient (Wildman–Crippen LogP) is 4.97. The first kappa shape index (κ1) is 15.6. The molecular weight excluding hydrogens is 280 g/mol. The van der Waals surface area contributed by atoms with Gasteiger partial charge in [-0.15, -0.1) is 11.6 Å². The summed E-state index contributed by atoms with van der Waals surface area (Å²) in [5, 5.41) is 0. The highest BCUT2D eigenvalue weighted by Gasteiger charge is 2.30. The summed E-state index contributed by atoms with van der Waals surface area (Å²) >= 11 is 5.63. The number of anilines is 1. The molecule has 2 rings (SSSR count). The van der Waals surface area contributed by atoms with Gasteiger partial charge < -0.3 is 4.90 Å². The number of hydrogen-bond acceptors (Lipinski definition) is 1. The summed E-state index contributed by atoms with van der Waals surface area (Å²) in [4.78, 5) is 1.82. The molecule has 0 radical (unpaired) electrons. The Morgan fingerprint density at radius 1 is 1.15 bits per heavy atom. The molecule has 0 unspecified atom stereocenters. The third-order valence-corrected chi connectivity index (χ3v) is 4.58. The Balaban J connectivity index is 2.15. The zero-order valence-electron chi connectivity index (χ0n) is 12.3. The van der Waals surface area contributed by atoms with Gasteiger partial charge in [0.05, 0.1) is 0 Å². The molecular formula is C16H22ClF2N. The lowest BCUT2D eigenvalue weighted by Gasteiger charge is -2.39. The first-order valence-electron chi connectivity index (χ1n) is 7.11. The number of halogens is 3. The number of rotatable bonds is 2. The molecule has 1 nitrogen and oxygen atoms in total. The Bertz CT molecular complexity index is 451. The molecule has 0 atom stereocenters. The van der Waals surface area contributed by atoms with Crippen molar-refractivity contribution in [2.24, 2.45) is 11.3 Å². The summed E-state index contributed by atoms with van der Waals surface area (Å²) in [7, 11) is 0. The standard InChI is InChI=1S/C16H22ClF2N/c1-16(2,3)12-4-6-20(7-5-12)15-13(18)8-11(10-17)9-14(15)19/h8-9,12H,4-7,10H2,1-3H3. The smallest absolute Gasteiger partial charge is 0.149 e. The van der Waals surface area contributed by atoms with E-state index in [0.717, 1.165) is 12.8 Å². The molecule has 1 aromatic carbocycles. The molecule has 112 valence electrons. The van der Waals surface area contributed by atoms with E-state index >= 15 is 0 Å². The van der Waals surface area contributed by atoms with Crippen LogP contribution in [0.2, 0.25) is 0 Å². The van der Waals surface area contributed by atoms with Gasteiger partial charge in [-0.2, -0.15) is 0 Å². The van der Waals surface area contributed by atoms with E-state index in [1.54, 1.807) is 0 Å². The Morgan fingerprint density at radius 3 is 2.05 bits per heavy atom. The van der Waals surface area contributed by atoms with Gasteiger partial charge in [0.15, 0.2) is 0 Å². The third kappa shape index (κ3) is 3.25. The summed E-state index contributed by atoms with van der Waals surface area (Å²) < 4.78 is 28.1. The van der Waals surface area contributed by atoms with E-state index in [0.29, 0.717) is 24.6 Å². The average molecular weight is 302 g/mol. The second-order valence-electron chi connectivity index (χ2n) is 6.67. The Hall–Kier alpha value is -0.830. The van der Waals surface area contributed by atoms with E-state index in [1.165, 1.54) is 12.1 Å².